The Kier molecular flexibility index (Phi) is 56.7. The number of rotatable bonds is 56. The van der Waals surface area contributed by atoms with E-state index in [1.807, 2.05) is 0 Å². The van der Waals surface area contributed by atoms with E-state index in [1.165, 1.54) is 270 Å². The summed E-state index contributed by atoms with van der Waals surface area (Å²) in [6.45, 7) is 4.37. The number of aliphatic hydroxyl groups is 2. The fraction of sp³-hybridized carbons (Fsp3) is 0.887. The molecule has 0 bridgehead atoms. The number of carbonyl (C=O) groups is 1. The Labute approximate surface area is 414 Å². The van der Waals surface area contributed by atoms with Gasteiger partial charge in [0, 0.05) is 6.42 Å². The van der Waals surface area contributed by atoms with Crippen LogP contribution in [0.4, 0.5) is 0 Å². The molecule has 0 rings (SSSR count). The molecule has 66 heavy (non-hydrogen) atoms. The zero-order valence-corrected chi connectivity index (χ0v) is 45.0. The summed E-state index contributed by atoms with van der Waals surface area (Å²) >= 11 is 0. The minimum atomic E-state index is -0.656. The summed E-state index contributed by atoms with van der Waals surface area (Å²) in [5.41, 5.74) is 0. The standard InChI is InChI=1S/C62H119NO3/c1-3-5-7-9-11-13-15-17-18-19-20-21-22-23-24-25-26-27-28-29-30-31-32-33-34-35-36-37-38-39-40-41-42-43-44-46-48-50-52-54-56-58-62(66)63-60(59-64)61(65)57-55-53-51-49-47-45-16-14-12-10-8-6-4-2/h15,17,19-20,22-23,60-61,64-65H,3-14,16,18,21,24-59H2,1-2H3,(H,63,66)/b17-15-,20-19-,23-22-. The fourth-order valence-electron chi connectivity index (χ4n) is 9.55. The lowest BCUT2D eigenvalue weighted by Crippen LogP contribution is -2.45. The highest BCUT2D eigenvalue weighted by Gasteiger charge is 2.20. The van der Waals surface area contributed by atoms with Crippen molar-refractivity contribution in [1.82, 2.24) is 5.32 Å². The average molecular weight is 927 g/mol. The molecule has 0 saturated heterocycles. The summed E-state index contributed by atoms with van der Waals surface area (Å²) in [5, 5.41) is 23.3. The molecule has 390 valence electrons. The molecule has 4 nitrogen and oxygen atoms in total. The molecule has 0 fully saturated rings. The van der Waals surface area contributed by atoms with Crippen molar-refractivity contribution in [1.29, 1.82) is 0 Å². The van der Waals surface area contributed by atoms with E-state index < -0.39 is 12.1 Å². The number of hydrogen-bond donors (Lipinski definition) is 3. The molecule has 0 radical (unpaired) electrons. The SMILES string of the molecule is CCCCCCC/C=C\C/C=C\C/C=C\CCCCCCCCCCCCCCCCCCCCCCCCCCCCC(=O)NC(CO)C(O)CCCCCCCCCCCCCCC. The lowest BCUT2D eigenvalue weighted by Gasteiger charge is -2.22. The van der Waals surface area contributed by atoms with Gasteiger partial charge in [0.1, 0.15) is 0 Å². The summed E-state index contributed by atoms with van der Waals surface area (Å²) in [6, 6.07) is -0.533. The van der Waals surface area contributed by atoms with Crippen LogP contribution >= 0.6 is 0 Å². The van der Waals surface area contributed by atoms with Crippen LogP contribution in [0.15, 0.2) is 36.5 Å². The van der Waals surface area contributed by atoms with Gasteiger partial charge in [0.05, 0.1) is 18.8 Å². The predicted molar refractivity (Wildman–Crippen MR) is 295 cm³/mol. The van der Waals surface area contributed by atoms with E-state index in [1.54, 1.807) is 0 Å². The number of hydrogen-bond acceptors (Lipinski definition) is 3. The molecule has 0 spiro atoms. The third kappa shape index (κ3) is 53.6. The molecule has 1 amide bonds. The number of amides is 1. The van der Waals surface area contributed by atoms with Crippen LogP contribution in [0.1, 0.15) is 335 Å². The third-order valence-corrected chi connectivity index (χ3v) is 14.2. The Morgan fingerprint density at radius 3 is 0.924 bits per heavy atom. The Bertz CT molecular complexity index is 1010. The van der Waals surface area contributed by atoms with Crippen LogP contribution in [0.3, 0.4) is 0 Å². The molecule has 3 N–H and O–H groups in total. The van der Waals surface area contributed by atoms with Crippen LogP contribution in [-0.2, 0) is 4.79 Å². The van der Waals surface area contributed by atoms with Gasteiger partial charge in [-0.15, -0.1) is 0 Å². The minimum absolute atomic E-state index is 0.0257. The van der Waals surface area contributed by atoms with Crippen molar-refractivity contribution in [2.45, 2.75) is 347 Å². The molecule has 0 aliphatic rings. The van der Waals surface area contributed by atoms with Gasteiger partial charge in [-0.05, 0) is 51.4 Å². The highest BCUT2D eigenvalue weighted by atomic mass is 16.3. The molecule has 2 unspecified atom stereocenters. The van der Waals surface area contributed by atoms with E-state index in [9.17, 15) is 15.0 Å². The predicted octanol–water partition coefficient (Wildman–Crippen LogP) is 20.0. The summed E-state index contributed by atoms with van der Waals surface area (Å²) < 4.78 is 0. The first-order chi connectivity index (χ1) is 32.7. The first-order valence-electron chi connectivity index (χ1n) is 30.2. The van der Waals surface area contributed by atoms with E-state index in [4.69, 9.17) is 0 Å². The maximum absolute atomic E-state index is 12.5. The molecule has 0 aliphatic heterocycles. The van der Waals surface area contributed by atoms with Gasteiger partial charge in [0.2, 0.25) is 5.91 Å². The van der Waals surface area contributed by atoms with Crippen LogP contribution in [-0.4, -0.2) is 34.9 Å². The zero-order chi connectivity index (χ0) is 47.7. The molecule has 0 aliphatic carbocycles. The fourth-order valence-corrected chi connectivity index (χ4v) is 9.55. The van der Waals surface area contributed by atoms with E-state index in [-0.39, 0.29) is 12.5 Å². The first-order valence-corrected chi connectivity index (χ1v) is 30.2. The second-order valence-electron chi connectivity index (χ2n) is 20.8. The number of allylic oxidation sites excluding steroid dienone is 6. The van der Waals surface area contributed by atoms with Crippen LogP contribution in [0.25, 0.3) is 0 Å². The topological polar surface area (TPSA) is 69.6 Å². The quantitative estimate of drug-likeness (QED) is 0.0420. The van der Waals surface area contributed by atoms with Gasteiger partial charge in [-0.2, -0.15) is 0 Å². The second kappa shape index (κ2) is 57.9. The Morgan fingerprint density at radius 1 is 0.364 bits per heavy atom. The average Bonchev–Trinajstić information content (AvgIpc) is 3.32. The molecule has 0 saturated carbocycles. The van der Waals surface area contributed by atoms with Crippen LogP contribution < -0.4 is 5.32 Å². The minimum Gasteiger partial charge on any atom is -0.394 e. The first kappa shape index (κ1) is 64.6. The summed E-state index contributed by atoms with van der Waals surface area (Å²) in [7, 11) is 0. The molecule has 0 aromatic carbocycles. The van der Waals surface area contributed by atoms with Gasteiger partial charge < -0.3 is 15.5 Å². The Balaban J connectivity index is 3.35. The molecule has 4 heteroatoms. The van der Waals surface area contributed by atoms with Gasteiger partial charge in [0.25, 0.3) is 0 Å². The lowest BCUT2D eigenvalue weighted by molar-refractivity contribution is -0.123. The van der Waals surface area contributed by atoms with E-state index >= 15 is 0 Å². The van der Waals surface area contributed by atoms with Crippen LogP contribution in [0.5, 0.6) is 0 Å². The highest BCUT2D eigenvalue weighted by Crippen LogP contribution is 2.18. The largest absolute Gasteiger partial charge is 0.394 e. The zero-order valence-electron chi connectivity index (χ0n) is 45.0. The van der Waals surface area contributed by atoms with Crippen molar-refractivity contribution in [3.63, 3.8) is 0 Å². The molecule has 2 atom stereocenters. The Morgan fingerprint density at radius 2 is 0.621 bits per heavy atom. The van der Waals surface area contributed by atoms with Gasteiger partial charge >= 0.3 is 0 Å². The number of carbonyl (C=O) groups excluding carboxylic acids is 1. The van der Waals surface area contributed by atoms with Crippen molar-refractivity contribution in [3.8, 4) is 0 Å². The van der Waals surface area contributed by atoms with Crippen molar-refractivity contribution in [2.24, 2.45) is 0 Å². The summed E-state index contributed by atoms with van der Waals surface area (Å²) in [4.78, 5) is 12.5. The normalized spacial score (nSPS) is 13.0. The maximum Gasteiger partial charge on any atom is 0.220 e. The van der Waals surface area contributed by atoms with Crippen LogP contribution in [0.2, 0.25) is 0 Å². The smallest absolute Gasteiger partial charge is 0.220 e. The molecular formula is C62H119NO3. The summed E-state index contributed by atoms with van der Waals surface area (Å²) in [5.74, 6) is -0.0257. The third-order valence-electron chi connectivity index (χ3n) is 14.2. The Hall–Kier alpha value is -1.39. The van der Waals surface area contributed by atoms with Gasteiger partial charge in [-0.1, -0.05) is 314 Å². The van der Waals surface area contributed by atoms with Crippen molar-refractivity contribution < 1.29 is 15.0 Å². The number of unbranched alkanes of at least 4 members (excludes halogenated alkanes) is 43. The number of nitrogens with one attached hydrogen (secondary N) is 1. The maximum atomic E-state index is 12.5. The molecule has 0 heterocycles. The van der Waals surface area contributed by atoms with Gasteiger partial charge in [-0.3, -0.25) is 4.79 Å². The summed E-state index contributed by atoms with van der Waals surface area (Å²) in [6.07, 6.45) is 78.8. The van der Waals surface area contributed by atoms with E-state index in [0.29, 0.717) is 12.8 Å². The van der Waals surface area contributed by atoms with Crippen LogP contribution in [0, 0.1) is 0 Å². The molecule has 0 aromatic heterocycles. The highest BCUT2D eigenvalue weighted by molar-refractivity contribution is 5.76. The van der Waals surface area contributed by atoms with Crippen molar-refractivity contribution in [2.75, 3.05) is 6.61 Å². The van der Waals surface area contributed by atoms with E-state index in [2.05, 4.69) is 55.6 Å². The van der Waals surface area contributed by atoms with Gasteiger partial charge in [-0.25, -0.2) is 0 Å². The number of aliphatic hydroxyl groups excluding tert-OH is 2. The van der Waals surface area contributed by atoms with Gasteiger partial charge in [0.15, 0.2) is 0 Å². The van der Waals surface area contributed by atoms with Crippen molar-refractivity contribution in [3.05, 3.63) is 36.5 Å². The lowest BCUT2D eigenvalue weighted by atomic mass is 10.0. The molecule has 0 aromatic rings. The monoisotopic (exact) mass is 926 g/mol. The molecular weight excluding hydrogens is 807 g/mol. The second-order valence-corrected chi connectivity index (χ2v) is 20.8. The van der Waals surface area contributed by atoms with Crippen molar-refractivity contribution >= 4 is 5.91 Å². The van der Waals surface area contributed by atoms with E-state index in [0.717, 1.165) is 38.5 Å².